The van der Waals surface area contributed by atoms with Crippen LogP contribution in [-0.2, 0) is 6.54 Å². The number of hydrogen-bond acceptors (Lipinski definition) is 3. The van der Waals surface area contributed by atoms with Crippen LogP contribution in [0.5, 0.6) is 0 Å². The first-order chi connectivity index (χ1) is 11.1. The van der Waals surface area contributed by atoms with Crippen molar-refractivity contribution in [3.8, 4) is 11.1 Å². The predicted octanol–water partition coefficient (Wildman–Crippen LogP) is 2.80. The van der Waals surface area contributed by atoms with Gasteiger partial charge in [0, 0.05) is 32.7 Å². The smallest absolute Gasteiger partial charge is 0.335 e. The van der Waals surface area contributed by atoms with Crippen molar-refractivity contribution < 1.29 is 9.90 Å². The molecule has 0 radical (unpaired) electrons. The molecule has 1 aliphatic heterocycles. The summed E-state index contributed by atoms with van der Waals surface area (Å²) in [6, 6.07) is 15.6. The molecule has 0 bridgehead atoms. The molecule has 2 aromatic rings. The van der Waals surface area contributed by atoms with E-state index in [4.69, 9.17) is 0 Å². The summed E-state index contributed by atoms with van der Waals surface area (Å²) in [5, 5.41) is 9.29. The standard InChI is InChI=1S/C19H22N2O2/c1-20-9-11-21(12-10-20)14-17-13-16(19(22)23)7-8-18(17)15-5-3-2-4-6-15/h2-8,13H,9-12,14H2,1H3,(H,22,23). The summed E-state index contributed by atoms with van der Waals surface area (Å²) in [6.07, 6.45) is 0. The van der Waals surface area contributed by atoms with E-state index in [1.165, 1.54) is 0 Å². The summed E-state index contributed by atoms with van der Waals surface area (Å²) >= 11 is 0. The van der Waals surface area contributed by atoms with E-state index in [0.29, 0.717) is 5.56 Å². The minimum atomic E-state index is -0.871. The Morgan fingerprint density at radius 3 is 2.39 bits per heavy atom. The van der Waals surface area contributed by atoms with Gasteiger partial charge < -0.3 is 10.0 Å². The first kappa shape index (κ1) is 15.7. The molecule has 120 valence electrons. The minimum Gasteiger partial charge on any atom is -0.478 e. The van der Waals surface area contributed by atoms with Crippen molar-refractivity contribution in [3.05, 3.63) is 59.7 Å². The molecule has 1 heterocycles. The average molecular weight is 310 g/mol. The number of carbonyl (C=O) groups is 1. The van der Waals surface area contributed by atoms with Crippen molar-refractivity contribution in [2.24, 2.45) is 0 Å². The molecule has 1 saturated heterocycles. The van der Waals surface area contributed by atoms with Crippen LogP contribution in [0, 0.1) is 0 Å². The van der Waals surface area contributed by atoms with Gasteiger partial charge in [0.1, 0.15) is 0 Å². The summed E-state index contributed by atoms with van der Waals surface area (Å²) < 4.78 is 0. The van der Waals surface area contributed by atoms with E-state index in [1.807, 2.05) is 30.3 Å². The highest BCUT2D eigenvalue weighted by Gasteiger charge is 2.17. The highest BCUT2D eigenvalue weighted by atomic mass is 16.4. The van der Waals surface area contributed by atoms with Crippen LogP contribution < -0.4 is 0 Å². The van der Waals surface area contributed by atoms with E-state index < -0.39 is 5.97 Å². The van der Waals surface area contributed by atoms with Gasteiger partial charge in [0.15, 0.2) is 0 Å². The first-order valence-corrected chi connectivity index (χ1v) is 7.96. The Balaban J connectivity index is 1.91. The SMILES string of the molecule is CN1CCN(Cc2cc(C(=O)O)ccc2-c2ccccc2)CC1. The number of likely N-dealkylation sites (N-methyl/N-ethyl adjacent to an activating group) is 1. The van der Waals surface area contributed by atoms with Crippen molar-refractivity contribution in [1.29, 1.82) is 0 Å². The predicted molar refractivity (Wildman–Crippen MR) is 91.6 cm³/mol. The maximum absolute atomic E-state index is 11.3. The molecule has 23 heavy (non-hydrogen) atoms. The normalized spacial score (nSPS) is 16.4. The third-order valence-corrected chi connectivity index (χ3v) is 4.43. The van der Waals surface area contributed by atoms with Crippen molar-refractivity contribution >= 4 is 5.97 Å². The minimum absolute atomic E-state index is 0.355. The molecule has 3 rings (SSSR count). The molecule has 0 spiro atoms. The molecule has 1 fully saturated rings. The maximum atomic E-state index is 11.3. The molecule has 2 aromatic carbocycles. The molecule has 0 aromatic heterocycles. The van der Waals surface area contributed by atoms with Crippen LogP contribution >= 0.6 is 0 Å². The van der Waals surface area contributed by atoms with E-state index >= 15 is 0 Å². The van der Waals surface area contributed by atoms with Crippen molar-refractivity contribution in [3.63, 3.8) is 0 Å². The molecule has 0 unspecified atom stereocenters. The Labute approximate surface area is 137 Å². The zero-order valence-corrected chi connectivity index (χ0v) is 13.4. The zero-order valence-electron chi connectivity index (χ0n) is 13.4. The fraction of sp³-hybridized carbons (Fsp3) is 0.316. The molecule has 0 amide bonds. The Morgan fingerprint density at radius 1 is 1.04 bits per heavy atom. The number of carboxylic acids is 1. The lowest BCUT2D eigenvalue weighted by atomic mass is 9.97. The number of rotatable bonds is 4. The topological polar surface area (TPSA) is 43.8 Å². The fourth-order valence-corrected chi connectivity index (χ4v) is 3.00. The number of nitrogens with zero attached hydrogens (tertiary/aromatic N) is 2. The van der Waals surface area contributed by atoms with Crippen molar-refractivity contribution in [1.82, 2.24) is 9.80 Å². The molecule has 0 atom stereocenters. The third kappa shape index (κ3) is 3.78. The van der Waals surface area contributed by atoms with E-state index in [-0.39, 0.29) is 0 Å². The Hall–Kier alpha value is -2.17. The maximum Gasteiger partial charge on any atom is 0.335 e. The molecular formula is C19H22N2O2. The summed E-state index contributed by atoms with van der Waals surface area (Å²) in [5.41, 5.74) is 3.69. The van der Waals surface area contributed by atoms with Gasteiger partial charge in [-0.25, -0.2) is 4.79 Å². The van der Waals surface area contributed by atoms with Gasteiger partial charge in [0.05, 0.1) is 5.56 Å². The fourth-order valence-electron chi connectivity index (χ4n) is 3.00. The molecule has 4 heteroatoms. The molecule has 4 nitrogen and oxygen atoms in total. The van der Waals surface area contributed by atoms with Crippen molar-refractivity contribution in [2.45, 2.75) is 6.54 Å². The summed E-state index contributed by atoms with van der Waals surface area (Å²) in [6.45, 7) is 4.93. The Kier molecular flexibility index (Phi) is 4.74. The van der Waals surface area contributed by atoms with Gasteiger partial charge in [-0.05, 0) is 35.9 Å². The van der Waals surface area contributed by atoms with Gasteiger partial charge in [0.25, 0.3) is 0 Å². The lowest BCUT2D eigenvalue weighted by Crippen LogP contribution is -2.43. The Bertz CT molecular complexity index is 677. The second-order valence-corrected chi connectivity index (χ2v) is 6.12. The van der Waals surface area contributed by atoms with E-state index in [2.05, 4.69) is 29.0 Å². The van der Waals surface area contributed by atoms with Crippen LogP contribution in [0.1, 0.15) is 15.9 Å². The molecule has 1 aliphatic rings. The second kappa shape index (κ2) is 6.94. The van der Waals surface area contributed by atoms with Crippen LogP contribution in [0.25, 0.3) is 11.1 Å². The largest absolute Gasteiger partial charge is 0.478 e. The third-order valence-electron chi connectivity index (χ3n) is 4.43. The van der Waals surface area contributed by atoms with E-state index in [9.17, 15) is 9.90 Å². The van der Waals surface area contributed by atoms with Gasteiger partial charge in [-0.2, -0.15) is 0 Å². The molecule has 1 N–H and O–H groups in total. The van der Waals surface area contributed by atoms with Gasteiger partial charge in [-0.15, -0.1) is 0 Å². The highest BCUT2D eigenvalue weighted by Crippen LogP contribution is 2.26. The summed E-state index contributed by atoms with van der Waals surface area (Å²) in [4.78, 5) is 16.0. The van der Waals surface area contributed by atoms with Crippen LogP contribution in [-0.4, -0.2) is 54.1 Å². The number of piperazine rings is 1. The lowest BCUT2D eigenvalue weighted by molar-refractivity contribution is 0.0696. The van der Waals surface area contributed by atoms with Gasteiger partial charge in [-0.1, -0.05) is 36.4 Å². The Morgan fingerprint density at radius 2 is 1.74 bits per heavy atom. The van der Waals surface area contributed by atoms with Crippen LogP contribution in [0.2, 0.25) is 0 Å². The van der Waals surface area contributed by atoms with Gasteiger partial charge in [0.2, 0.25) is 0 Å². The van der Waals surface area contributed by atoms with Crippen LogP contribution in [0.4, 0.5) is 0 Å². The highest BCUT2D eigenvalue weighted by molar-refractivity contribution is 5.89. The summed E-state index contributed by atoms with van der Waals surface area (Å²) in [7, 11) is 2.14. The van der Waals surface area contributed by atoms with E-state index in [1.54, 1.807) is 6.07 Å². The van der Waals surface area contributed by atoms with Gasteiger partial charge in [-0.3, -0.25) is 4.90 Å². The zero-order chi connectivity index (χ0) is 16.2. The number of carboxylic acid groups (broad SMARTS) is 1. The second-order valence-electron chi connectivity index (χ2n) is 6.12. The van der Waals surface area contributed by atoms with Crippen molar-refractivity contribution in [2.75, 3.05) is 33.2 Å². The quantitative estimate of drug-likeness (QED) is 0.943. The number of hydrogen-bond donors (Lipinski definition) is 1. The lowest BCUT2D eigenvalue weighted by Gasteiger charge is -2.32. The van der Waals surface area contributed by atoms with Crippen LogP contribution in [0.3, 0.4) is 0 Å². The number of benzene rings is 2. The van der Waals surface area contributed by atoms with Gasteiger partial charge >= 0.3 is 5.97 Å². The molecule has 0 aliphatic carbocycles. The molecule has 0 saturated carbocycles. The number of aromatic carboxylic acids is 1. The average Bonchev–Trinajstić information content (AvgIpc) is 2.57. The molecular weight excluding hydrogens is 288 g/mol. The van der Waals surface area contributed by atoms with Crippen LogP contribution in [0.15, 0.2) is 48.5 Å². The summed E-state index contributed by atoms with van der Waals surface area (Å²) in [5.74, 6) is -0.871. The van der Waals surface area contributed by atoms with E-state index in [0.717, 1.165) is 49.4 Å². The first-order valence-electron chi connectivity index (χ1n) is 7.96. The monoisotopic (exact) mass is 310 g/mol.